The van der Waals surface area contributed by atoms with Crippen LogP contribution in [0, 0.1) is 0 Å². The van der Waals surface area contributed by atoms with Gasteiger partial charge in [0, 0.05) is 19.0 Å². The summed E-state index contributed by atoms with van der Waals surface area (Å²) < 4.78 is 33.0. The molecule has 4 aromatic rings. The van der Waals surface area contributed by atoms with Crippen LogP contribution >= 0.6 is 23.2 Å². The number of carbonyl (C=O) groups excluding carboxylic acids is 2. The van der Waals surface area contributed by atoms with Crippen LogP contribution in [0.5, 0.6) is 11.5 Å². The molecule has 1 atom stereocenters. The van der Waals surface area contributed by atoms with Crippen LogP contribution in [0.3, 0.4) is 0 Å². The lowest BCUT2D eigenvalue weighted by atomic mass is 10.0. The number of sulfonamides is 1. The summed E-state index contributed by atoms with van der Waals surface area (Å²) in [4.78, 5) is 29.3. The smallest absolute Gasteiger partial charge is 0.244 e. The molecule has 45 heavy (non-hydrogen) atoms. The van der Waals surface area contributed by atoms with Gasteiger partial charge in [-0.2, -0.15) is 0 Å². The monoisotopic (exact) mass is 667 g/mol. The topological polar surface area (TPSA) is 96.0 Å². The molecule has 0 bridgehead atoms. The number of nitrogens with one attached hydrogen (secondary N) is 1. The summed E-state index contributed by atoms with van der Waals surface area (Å²) in [5.74, 6) is 0.188. The lowest BCUT2D eigenvalue weighted by Gasteiger charge is -2.34. The molecule has 2 amide bonds. The van der Waals surface area contributed by atoms with Gasteiger partial charge >= 0.3 is 0 Å². The molecular formula is C34H35Cl2N3O5S. The first-order chi connectivity index (χ1) is 21.4. The van der Waals surface area contributed by atoms with Crippen molar-refractivity contribution in [1.29, 1.82) is 0 Å². The number of nitrogens with zero attached hydrogens (tertiary/aromatic N) is 2. The number of anilines is 1. The van der Waals surface area contributed by atoms with Crippen LogP contribution in [-0.4, -0.2) is 50.0 Å². The highest BCUT2D eigenvalue weighted by Gasteiger charge is 2.33. The SMILES string of the molecule is CC(C)NC(=O)[C@@H](Cc1ccccc1)N(Cc1ccc(Cl)c(Cl)c1)C(=O)CN(c1ccc(Oc2ccccc2)cc1)S(C)(=O)=O. The summed E-state index contributed by atoms with van der Waals surface area (Å²) in [5, 5.41) is 3.56. The Bertz CT molecular complexity index is 1700. The molecule has 4 aromatic carbocycles. The number of amides is 2. The number of rotatable bonds is 13. The first kappa shape index (κ1) is 33.8. The van der Waals surface area contributed by atoms with Gasteiger partial charge in [0.2, 0.25) is 21.8 Å². The number of benzene rings is 4. The Morgan fingerprint density at radius 1 is 0.800 bits per heavy atom. The number of hydrogen-bond acceptors (Lipinski definition) is 5. The van der Waals surface area contributed by atoms with Crippen LogP contribution in [0.1, 0.15) is 25.0 Å². The van der Waals surface area contributed by atoms with Crippen LogP contribution in [0.2, 0.25) is 10.0 Å². The highest BCUT2D eigenvalue weighted by molar-refractivity contribution is 7.92. The Balaban J connectivity index is 1.69. The van der Waals surface area contributed by atoms with Crippen LogP contribution in [0.25, 0.3) is 0 Å². The van der Waals surface area contributed by atoms with Gasteiger partial charge in [0.1, 0.15) is 24.1 Å². The fourth-order valence-corrected chi connectivity index (χ4v) is 5.86. The van der Waals surface area contributed by atoms with E-state index in [1.165, 1.54) is 4.90 Å². The van der Waals surface area contributed by atoms with Gasteiger partial charge in [0.05, 0.1) is 22.0 Å². The van der Waals surface area contributed by atoms with E-state index >= 15 is 0 Å². The zero-order chi connectivity index (χ0) is 32.6. The van der Waals surface area contributed by atoms with E-state index in [9.17, 15) is 18.0 Å². The van der Waals surface area contributed by atoms with Crippen LogP contribution in [0.4, 0.5) is 5.69 Å². The molecule has 0 aromatic heterocycles. The molecule has 8 nitrogen and oxygen atoms in total. The average Bonchev–Trinajstić information content (AvgIpc) is 3.00. The second-order valence-corrected chi connectivity index (χ2v) is 13.5. The van der Waals surface area contributed by atoms with E-state index in [2.05, 4.69) is 5.32 Å². The first-order valence-corrected chi connectivity index (χ1v) is 16.9. The average molecular weight is 669 g/mol. The second kappa shape index (κ2) is 15.3. The van der Waals surface area contributed by atoms with Crippen molar-refractivity contribution in [3.8, 4) is 11.5 Å². The van der Waals surface area contributed by atoms with Crippen molar-refractivity contribution in [1.82, 2.24) is 10.2 Å². The third kappa shape index (κ3) is 9.72. The molecule has 0 saturated heterocycles. The summed E-state index contributed by atoms with van der Waals surface area (Å²) in [6.45, 7) is 3.11. The molecule has 236 valence electrons. The third-order valence-corrected chi connectivity index (χ3v) is 8.70. The van der Waals surface area contributed by atoms with Gasteiger partial charge < -0.3 is 15.0 Å². The molecule has 0 aliphatic rings. The number of carbonyl (C=O) groups is 2. The maximum atomic E-state index is 14.2. The Morgan fingerprint density at radius 2 is 1.40 bits per heavy atom. The van der Waals surface area contributed by atoms with E-state index in [0.29, 0.717) is 27.1 Å². The van der Waals surface area contributed by atoms with Gasteiger partial charge in [-0.25, -0.2) is 8.42 Å². The Hall–Kier alpha value is -4.05. The molecule has 0 fully saturated rings. The zero-order valence-electron chi connectivity index (χ0n) is 25.2. The van der Waals surface area contributed by atoms with Crippen LogP contribution in [-0.2, 0) is 32.6 Å². The highest BCUT2D eigenvalue weighted by Crippen LogP contribution is 2.27. The molecule has 0 aliphatic carbocycles. The van der Waals surface area contributed by atoms with Crippen LogP contribution in [0.15, 0.2) is 103 Å². The van der Waals surface area contributed by atoms with E-state index in [1.807, 2.05) is 62.4 Å². The number of para-hydroxylation sites is 1. The first-order valence-electron chi connectivity index (χ1n) is 14.3. The lowest BCUT2D eigenvalue weighted by molar-refractivity contribution is -0.140. The van der Waals surface area contributed by atoms with Crippen molar-refractivity contribution in [2.45, 2.75) is 38.9 Å². The van der Waals surface area contributed by atoms with E-state index in [-0.39, 0.29) is 30.6 Å². The van der Waals surface area contributed by atoms with Crippen molar-refractivity contribution in [3.63, 3.8) is 0 Å². The molecule has 0 radical (unpaired) electrons. The quantitative estimate of drug-likeness (QED) is 0.171. The third-order valence-electron chi connectivity index (χ3n) is 6.82. The molecular weight excluding hydrogens is 633 g/mol. The molecule has 1 N–H and O–H groups in total. The van der Waals surface area contributed by atoms with Gasteiger partial charge in [-0.1, -0.05) is 77.8 Å². The molecule has 11 heteroatoms. The fourth-order valence-electron chi connectivity index (χ4n) is 4.69. The summed E-state index contributed by atoms with van der Waals surface area (Å²) in [5.41, 5.74) is 1.73. The fraction of sp³-hybridized carbons (Fsp3) is 0.235. The van der Waals surface area contributed by atoms with Crippen LogP contribution < -0.4 is 14.4 Å². The molecule has 0 spiro atoms. The minimum absolute atomic E-state index is 0.0137. The van der Waals surface area contributed by atoms with E-state index in [4.69, 9.17) is 27.9 Å². The normalized spacial score (nSPS) is 12.0. The predicted molar refractivity (Wildman–Crippen MR) is 179 cm³/mol. The van der Waals surface area contributed by atoms with Gasteiger partial charge in [-0.05, 0) is 73.5 Å². The van der Waals surface area contributed by atoms with Gasteiger partial charge in [0.25, 0.3) is 0 Å². The standard InChI is InChI=1S/C34H35Cl2N3O5S/c1-24(2)37-34(41)32(21-25-10-6-4-7-11-25)38(22-26-14-19-30(35)31(36)20-26)33(40)23-39(45(3,42)43)27-15-17-29(18-16-27)44-28-12-8-5-9-13-28/h4-20,24,32H,21-23H2,1-3H3,(H,37,41)/t32-/m1/s1. The van der Waals surface area contributed by atoms with Crippen molar-refractivity contribution in [2.24, 2.45) is 0 Å². The number of halogens is 2. The highest BCUT2D eigenvalue weighted by atomic mass is 35.5. The van der Waals surface area contributed by atoms with Gasteiger partial charge in [-0.3, -0.25) is 13.9 Å². The van der Waals surface area contributed by atoms with Crippen molar-refractivity contribution in [2.75, 3.05) is 17.1 Å². The molecule has 0 heterocycles. The summed E-state index contributed by atoms with van der Waals surface area (Å²) >= 11 is 12.4. The summed E-state index contributed by atoms with van der Waals surface area (Å²) in [7, 11) is -3.92. The second-order valence-electron chi connectivity index (χ2n) is 10.8. The molecule has 0 saturated carbocycles. The number of hydrogen-bond donors (Lipinski definition) is 1. The Kier molecular flexibility index (Phi) is 11.5. The largest absolute Gasteiger partial charge is 0.457 e. The zero-order valence-corrected chi connectivity index (χ0v) is 27.5. The molecule has 0 unspecified atom stereocenters. The van der Waals surface area contributed by atoms with E-state index in [1.54, 1.807) is 54.6 Å². The summed E-state index contributed by atoms with van der Waals surface area (Å²) in [6.07, 6.45) is 1.24. The van der Waals surface area contributed by atoms with E-state index in [0.717, 1.165) is 16.1 Å². The minimum atomic E-state index is -3.92. The maximum absolute atomic E-state index is 14.2. The maximum Gasteiger partial charge on any atom is 0.244 e. The lowest BCUT2D eigenvalue weighted by Crippen LogP contribution is -2.54. The van der Waals surface area contributed by atoms with Crippen molar-refractivity contribution < 1.29 is 22.7 Å². The predicted octanol–water partition coefficient (Wildman–Crippen LogP) is 6.72. The number of ether oxygens (including phenoxy) is 1. The Morgan fingerprint density at radius 3 is 1.98 bits per heavy atom. The van der Waals surface area contributed by atoms with Crippen molar-refractivity contribution in [3.05, 3.63) is 124 Å². The van der Waals surface area contributed by atoms with Crippen molar-refractivity contribution >= 4 is 50.7 Å². The molecule has 4 rings (SSSR count). The minimum Gasteiger partial charge on any atom is -0.457 e. The van der Waals surface area contributed by atoms with E-state index < -0.39 is 28.5 Å². The summed E-state index contributed by atoms with van der Waals surface area (Å²) in [6, 6.07) is 28.7. The van der Waals surface area contributed by atoms with Gasteiger partial charge in [0.15, 0.2) is 0 Å². The Labute approximate surface area is 274 Å². The van der Waals surface area contributed by atoms with Gasteiger partial charge in [-0.15, -0.1) is 0 Å². The molecule has 0 aliphatic heterocycles.